The monoisotopic (exact) mass is 383 g/mol. The predicted molar refractivity (Wildman–Crippen MR) is 102 cm³/mol. The molecule has 0 heterocycles. The number of hydrogen-bond donors (Lipinski definition) is 2. The van der Waals surface area contributed by atoms with Gasteiger partial charge in [0.25, 0.3) is 0 Å². The van der Waals surface area contributed by atoms with Gasteiger partial charge in [0, 0.05) is 0 Å². The summed E-state index contributed by atoms with van der Waals surface area (Å²) in [7, 11) is -3.64. The Bertz CT molecular complexity index is 753. The van der Waals surface area contributed by atoms with Gasteiger partial charge in [-0.1, -0.05) is 45.0 Å². The molecule has 0 spiro atoms. The van der Waals surface area contributed by atoms with Gasteiger partial charge < -0.3 is 10.4 Å². The molecule has 1 aromatic rings. The highest BCUT2D eigenvalue weighted by atomic mass is 32.2. The summed E-state index contributed by atoms with van der Waals surface area (Å²) in [5.41, 5.74) is 1.66. The third-order valence-electron chi connectivity index (χ3n) is 4.15. The highest BCUT2D eigenvalue weighted by Crippen LogP contribution is 2.25. The lowest BCUT2D eigenvalue weighted by atomic mass is 9.86. The van der Waals surface area contributed by atoms with E-state index < -0.39 is 38.3 Å². The minimum absolute atomic E-state index is 0.0507. The Morgan fingerprint density at radius 1 is 1.04 bits per heavy atom. The Hall–Kier alpha value is -1.89. The SMILES string of the molecule is CC(C)(C)c1ccc(C(CC(=O)O)NC(=O)CS(=O)(=O)C(C)(C)C)cc1. The zero-order valence-corrected chi connectivity index (χ0v) is 17.1. The normalized spacial score (nSPS) is 13.9. The van der Waals surface area contributed by atoms with Crippen molar-refractivity contribution >= 4 is 21.7 Å². The lowest BCUT2D eigenvalue weighted by Gasteiger charge is -2.23. The molecule has 7 heteroatoms. The van der Waals surface area contributed by atoms with Gasteiger partial charge in [-0.25, -0.2) is 8.42 Å². The lowest BCUT2D eigenvalue weighted by Crippen LogP contribution is -2.40. The van der Waals surface area contributed by atoms with E-state index >= 15 is 0 Å². The second-order valence-electron chi connectivity index (χ2n) is 8.46. The molecule has 1 rings (SSSR count). The molecule has 0 aliphatic carbocycles. The number of carboxylic acids is 1. The third-order valence-corrected chi connectivity index (χ3v) is 6.66. The fourth-order valence-corrected chi connectivity index (χ4v) is 3.13. The Balaban J connectivity index is 3.01. The van der Waals surface area contributed by atoms with Crippen molar-refractivity contribution in [2.45, 2.75) is 64.2 Å². The van der Waals surface area contributed by atoms with Crippen LogP contribution in [0, 0.1) is 0 Å². The molecule has 0 saturated heterocycles. The van der Waals surface area contributed by atoms with E-state index in [4.69, 9.17) is 5.11 Å². The van der Waals surface area contributed by atoms with E-state index in [9.17, 15) is 18.0 Å². The molecule has 6 nitrogen and oxygen atoms in total. The second-order valence-corrected chi connectivity index (χ2v) is 11.2. The van der Waals surface area contributed by atoms with Crippen LogP contribution in [0.1, 0.15) is 65.1 Å². The van der Waals surface area contributed by atoms with E-state index in [1.54, 1.807) is 12.1 Å². The Kier molecular flexibility index (Phi) is 6.63. The molecule has 0 aliphatic rings. The van der Waals surface area contributed by atoms with Crippen LogP contribution >= 0.6 is 0 Å². The average Bonchev–Trinajstić information content (AvgIpc) is 2.43. The van der Waals surface area contributed by atoms with Gasteiger partial charge in [-0.15, -0.1) is 0 Å². The summed E-state index contributed by atoms with van der Waals surface area (Å²) >= 11 is 0. The van der Waals surface area contributed by atoms with Gasteiger partial charge in [0.15, 0.2) is 9.84 Å². The van der Waals surface area contributed by atoms with Crippen LogP contribution in [0.5, 0.6) is 0 Å². The van der Waals surface area contributed by atoms with E-state index in [0.717, 1.165) is 5.56 Å². The van der Waals surface area contributed by atoms with E-state index in [0.29, 0.717) is 5.56 Å². The van der Waals surface area contributed by atoms with E-state index in [-0.39, 0.29) is 11.8 Å². The number of amides is 1. The molecule has 0 radical (unpaired) electrons. The maximum absolute atomic E-state index is 12.2. The van der Waals surface area contributed by atoms with Crippen LogP contribution in [0.3, 0.4) is 0 Å². The van der Waals surface area contributed by atoms with Crippen molar-refractivity contribution in [1.29, 1.82) is 0 Å². The molecule has 0 saturated carbocycles. The van der Waals surface area contributed by atoms with Crippen molar-refractivity contribution in [3.05, 3.63) is 35.4 Å². The first-order chi connectivity index (χ1) is 11.6. The first-order valence-corrected chi connectivity index (χ1v) is 10.1. The third kappa shape index (κ3) is 6.12. The number of nitrogens with one attached hydrogen (secondary N) is 1. The van der Waals surface area contributed by atoms with Crippen molar-refractivity contribution in [3.63, 3.8) is 0 Å². The van der Waals surface area contributed by atoms with Gasteiger partial charge in [-0.2, -0.15) is 0 Å². The van der Waals surface area contributed by atoms with Crippen LogP contribution in [0.2, 0.25) is 0 Å². The molecule has 146 valence electrons. The molecule has 1 amide bonds. The minimum Gasteiger partial charge on any atom is -0.481 e. The number of hydrogen-bond acceptors (Lipinski definition) is 4. The lowest BCUT2D eigenvalue weighted by molar-refractivity contribution is -0.137. The second kappa shape index (κ2) is 7.78. The largest absolute Gasteiger partial charge is 0.481 e. The van der Waals surface area contributed by atoms with E-state index in [1.807, 2.05) is 12.1 Å². The molecule has 0 aromatic heterocycles. The number of carbonyl (C=O) groups is 2. The molecular formula is C19H29NO5S. The minimum atomic E-state index is -3.64. The van der Waals surface area contributed by atoms with E-state index in [1.165, 1.54) is 20.8 Å². The quantitative estimate of drug-likeness (QED) is 0.787. The highest BCUT2D eigenvalue weighted by Gasteiger charge is 2.32. The number of benzene rings is 1. The number of rotatable bonds is 6. The first kappa shape index (κ1) is 22.2. The fourth-order valence-electron chi connectivity index (χ4n) is 2.27. The van der Waals surface area contributed by atoms with Gasteiger partial charge in [-0.3, -0.25) is 9.59 Å². The van der Waals surface area contributed by atoms with Gasteiger partial charge in [0.2, 0.25) is 5.91 Å². The molecule has 1 atom stereocenters. The Labute approximate surface area is 155 Å². The highest BCUT2D eigenvalue weighted by molar-refractivity contribution is 7.93. The van der Waals surface area contributed by atoms with Gasteiger partial charge in [0.05, 0.1) is 17.2 Å². The van der Waals surface area contributed by atoms with Crippen molar-refractivity contribution in [1.82, 2.24) is 5.32 Å². The molecule has 1 unspecified atom stereocenters. The van der Waals surface area contributed by atoms with Crippen LogP contribution in [0.15, 0.2) is 24.3 Å². The van der Waals surface area contributed by atoms with Crippen molar-refractivity contribution in [3.8, 4) is 0 Å². The van der Waals surface area contributed by atoms with Gasteiger partial charge >= 0.3 is 5.97 Å². The molecule has 0 fully saturated rings. The summed E-state index contributed by atoms with van der Waals surface area (Å²) < 4.78 is 23.3. The summed E-state index contributed by atoms with van der Waals surface area (Å²) in [6.45, 7) is 10.8. The van der Waals surface area contributed by atoms with E-state index in [2.05, 4.69) is 26.1 Å². The topological polar surface area (TPSA) is 101 Å². The van der Waals surface area contributed by atoms with Crippen LogP contribution < -0.4 is 5.32 Å². The van der Waals surface area contributed by atoms with Crippen molar-refractivity contribution < 1.29 is 23.1 Å². The van der Waals surface area contributed by atoms with Crippen LogP contribution in [-0.4, -0.2) is 35.9 Å². The van der Waals surface area contributed by atoms with Gasteiger partial charge in [-0.05, 0) is 37.3 Å². The number of sulfone groups is 1. The van der Waals surface area contributed by atoms with Gasteiger partial charge in [0.1, 0.15) is 5.75 Å². The molecule has 0 bridgehead atoms. The zero-order valence-electron chi connectivity index (χ0n) is 16.3. The van der Waals surface area contributed by atoms with Crippen LogP contribution in [0.25, 0.3) is 0 Å². The zero-order chi connectivity index (χ0) is 20.3. The number of carbonyl (C=O) groups excluding carboxylic acids is 1. The van der Waals surface area contributed by atoms with Crippen LogP contribution in [0.4, 0.5) is 0 Å². The predicted octanol–water partition coefficient (Wildman–Crippen LogP) is 2.83. The summed E-state index contributed by atoms with van der Waals surface area (Å²) in [5, 5.41) is 11.7. The summed E-state index contributed by atoms with van der Waals surface area (Å²) in [4.78, 5) is 23.4. The first-order valence-electron chi connectivity index (χ1n) is 8.47. The maximum atomic E-state index is 12.2. The standard InChI is InChI=1S/C19H29NO5S/c1-18(2,3)14-9-7-13(8-10-14)15(11-17(22)23)20-16(21)12-26(24,25)19(4,5)6/h7-10,15H,11-12H2,1-6H3,(H,20,21)(H,22,23). The molecule has 26 heavy (non-hydrogen) atoms. The number of carboxylic acid groups (broad SMARTS) is 1. The number of aliphatic carboxylic acids is 1. The molecule has 1 aromatic carbocycles. The maximum Gasteiger partial charge on any atom is 0.305 e. The molecule has 2 N–H and O–H groups in total. The Morgan fingerprint density at radius 2 is 1.54 bits per heavy atom. The fraction of sp³-hybridized carbons (Fsp3) is 0.579. The Morgan fingerprint density at radius 3 is 1.92 bits per heavy atom. The van der Waals surface area contributed by atoms with Crippen molar-refractivity contribution in [2.75, 3.05) is 5.75 Å². The summed E-state index contributed by atoms with van der Waals surface area (Å²) in [5.74, 6) is -2.45. The smallest absolute Gasteiger partial charge is 0.305 e. The van der Waals surface area contributed by atoms with Crippen molar-refractivity contribution in [2.24, 2.45) is 0 Å². The summed E-state index contributed by atoms with van der Waals surface area (Å²) in [6, 6.07) is 6.54. The van der Waals surface area contributed by atoms with Crippen LogP contribution in [-0.2, 0) is 24.8 Å². The average molecular weight is 384 g/mol. The molecule has 0 aliphatic heterocycles. The molecular weight excluding hydrogens is 354 g/mol. The summed E-state index contributed by atoms with van der Waals surface area (Å²) in [6.07, 6.45) is -0.323.